The molecule has 0 aliphatic heterocycles. The number of hydrogen-bond acceptors (Lipinski definition) is 3. The Kier molecular flexibility index (Phi) is 5.10. The lowest BCUT2D eigenvalue weighted by atomic mass is 10.2. The van der Waals surface area contributed by atoms with E-state index in [1.54, 1.807) is 28.6 Å². The first kappa shape index (κ1) is 13.7. The standard InChI is InChI=1S/C15H18N2OS/c1-17(12-13-7-9-16-10-8-13)15(18)6-2-4-14-5-3-11-19-14/h3,5,7-11H,2,4,6,12H2,1H3. The van der Waals surface area contributed by atoms with Crippen molar-refractivity contribution in [2.45, 2.75) is 25.8 Å². The van der Waals surface area contributed by atoms with Crippen LogP contribution in [0.25, 0.3) is 0 Å². The van der Waals surface area contributed by atoms with Crippen molar-refractivity contribution in [3.8, 4) is 0 Å². The van der Waals surface area contributed by atoms with Gasteiger partial charge >= 0.3 is 0 Å². The molecule has 100 valence electrons. The average Bonchev–Trinajstić information content (AvgIpc) is 2.93. The van der Waals surface area contributed by atoms with Crippen LogP contribution >= 0.6 is 11.3 Å². The third-order valence-electron chi connectivity index (χ3n) is 2.99. The second kappa shape index (κ2) is 7.04. The minimum atomic E-state index is 0.202. The quantitative estimate of drug-likeness (QED) is 0.811. The fraction of sp³-hybridized carbons (Fsp3) is 0.333. The molecular formula is C15H18N2OS. The van der Waals surface area contributed by atoms with Gasteiger partial charge in [-0.2, -0.15) is 0 Å². The van der Waals surface area contributed by atoms with Crippen molar-refractivity contribution < 1.29 is 4.79 Å². The highest BCUT2D eigenvalue weighted by Gasteiger charge is 2.09. The predicted octanol–water partition coefficient (Wildman–Crippen LogP) is 3.12. The van der Waals surface area contributed by atoms with E-state index >= 15 is 0 Å². The molecule has 2 aromatic rings. The van der Waals surface area contributed by atoms with Gasteiger partial charge in [0.1, 0.15) is 0 Å². The molecule has 0 saturated heterocycles. The van der Waals surface area contributed by atoms with Crippen molar-refractivity contribution in [3.05, 3.63) is 52.5 Å². The highest BCUT2D eigenvalue weighted by atomic mass is 32.1. The summed E-state index contributed by atoms with van der Waals surface area (Å²) in [7, 11) is 1.86. The first-order valence-electron chi connectivity index (χ1n) is 6.41. The highest BCUT2D eigenvalue weighted by molar-refractivity contribution is 7.09. The summed E-state index contributed by atoms with van der Waals surface area (Å²) in [6.45, 7) is 0.653. The fourth-order valence-corrected chi connectivity index (χ4v) is 2.66. The molecule has 4 heteroatoms. The van der Waals surface area contributed by atoms with Crippen molar-refractivity contribution in [1.29, 1.82) is 0 Å². The maximum absolute atomic E-state index is 12.0. The number of aromatic nitrogens is 1. The molecule has 1 amide bonds. The monoisotopic (exact) mass is 274 g/mol. The molecular weight excluding hydrogens is 256 g/mol. The molecule has 0 N–H and O–H groups in total. The molecule has 19 heavy (non-hydrogen) atoms. The Hall–Kier alpha value is -1.68. The molecule has 2 heterocycles. The van der Waals surface area contributed by atoms with E-state index in [4.69, 9.17) is 0 Å². The van der Waals surface area contributed by atoms with E-state index < -0.39 is 0 Å². The Balaban J connectivity index is 1.73. The van der Waals surface area contributed by atoms with E-state index in [1.807, 2.05) is 19.2 Å². The van der Waals surface area contributed by atoms with Gasteiger partial charge in [0.15, 0.2) is 0 Å². The summed E-state index contributed by atoms with van der Waals surface area (Å²) in [5.41, 5.74) is 1.11. The van der Waals surface area contributed by atoms with Crippen LogP contribution in [-0.2, 0) is 17.8 Å². The highest BCUT2D eigenvalue weighted by Crippen LogP contribution is 2.12. The lowest BCUT2D eigenvalue weighted by Gasteiger charge is -2.17. The molecule has 0 aliphatic carbocycles. The van der Waals surface area contributed by atoms with Crippen LogP contribution in [0.2, 0.25) is 0 Å². The molecule has 0 saturated carbocycles. The normalized spacial score (nSPS) is 10.4. The van der Waals surface area contributed by atoms with Crippen molar-refractivity contribution in [1.82, 2.24) is 9.88 Å². The molecule has 0 aliphatic rings. The van der Waals surface area contributed by atoms with Gasteiger partial charge in [-0.05, 0) is 42.0 Å². The molecule has 2 aromatic heterocycles. The van der Waals surface area contributed by atoms with Crippen LogP contribution in [0.4, 0.5) is 0 Å². The molecule has 0 aromatic carbocycles. The average molecular weight is 274 g/mol. The molecule has 0 fully saturated rings. The van der Waals surface area contributed by atoms with Gasteiger partial charge in [0.25, 0.3) is 0 Å². The van der Waals surface area contributed by atoms with Crippen LogP contribution in [-0.4, -0.2) is 22.8 Å². The van der Waals surface area contributed by atoms with Gasteiger partial charge in [-0.3, -0.25) is 9.78 Å². The zero-order valence-corrected chi connectivity index (χ0v) is 11.9. The molecule has 0 radical (unpaired) electrons. The summed E-state index contributed by atoms with van der Waals surface area (Å²) in [5, 5.41) is 2.08. The van der Waals surface area contributed by atoms with Gasteiger partial charge in [0.2, 0.25) is 5.91 Å². The van der Waals surface area contributed by atoms with E-state index in [9.17, 15) is 4.79 Å². The predicted molar refractivity (Wildman–Crippen MR) is 78.0 cm³/mol. The molecule has 2 rings (SSSR count). The number of amides is 1. The van der Waals surface area contributed by atoms with Crippen molar-refractivity contribution in [3.63, 3.8) is 0 Å². The van der Waals surface area contributed by atoms with Crippen LogP contribution in [0, 0.1) is 0 Å². The van der Waals surface area contributed by atoms with Crippen molar-refractivity contribution in [2.75, 3.05) is 7.05 Å². The Bertz CT molecular complexity index is 496. The molecule has 0 atom stereocenters. The van der Waals surface area contributed by atoms with E-state index in [0.717, 1.165) is 18.4 Å². The maximum Gasteiger partial charge on any atom is 0.222 e. The number of aryl methyl sites for hydroxylation is 1. The largest absolute Gasteiger partial charge is 0.341 e. The third-order valence-corrected chi connectivity index (χ3v) is 3.92. The summed E-state index contributed by atoms with van der Waals surface area (Å²) in [6, 6.07) is 8.05. The number of hydrogen-bond donors (Lipinski definition) is 0. The van der Waals surface area contributed by atoms with Crippen LogP contribution in [0.1, 0.15) is 23.3 Å². The van der Waals surface area contributed by atoms with Crippen LogP contribution in [0.3, 0.4) is 0 Å². The van der Waals surface area contributed by atoms with Gasteiger partial charge in [-0.1, -0.05) is 6.07 Å². The fourth-order valence-electron chi connectivity index (χ4n) is 1.91. The number of nitrogens with zero attached hydrogens (tertiary/aromatic N) is 2. The third kappa shape index (κ3) is 4.48. The molecule has 3 nitrogen and oxygen atoms in total. The Labute approximate surface area is 117 Å². The number of rotatable bonds is 6. The zero-order chi connectivity index (χ0) is 13.5. The number of pyridine rings is 1. The van der Waals surface area contributed by atoms with Gasteiger partial charge in [-0.25, -0.2) is 0 Å². The number of thiophene rings is 1. The Morgan fingerprint density at radius 2 is 2.11 bits per heavy atom. The molecule has 0 spiro atoms. The summed E-state index contributed by atoms with van der Waals surface area (Å²) in [6.07, 6.45) is 6.03. The van der Waals surface area contributed by atoms with Crippen LogP contribution < -0.4 is 0 Å². The topological polar surface area (TPSA) is 33.2 Å². The SMILES string of the molecule is CN(Cc1ccncc1)C(=O)CCCc1cccs1. The van der Waals surface area contributed by atoms with Crippen LogP contribution in [0.5, 0.6) is 0 Å². The van der Waals surface area contributed by atoms with E-state index in [2.05, 4.69) is 22.5 Å². The van der Waals surface area contributed by atoms with E-state index in [0.29, 0.717) is 13.0 Å². The van der Waals surface area contributed by atoms with Gasteiger partial charge in [0.05, 0.1) is 0 Å². The number of carbonyl (C=O) groups is 1. The summed E-state index contributed by atoms with van der Waals surface area (Å²) < 4.78 is 0. The van der Waals surface area contributed by atoms with E-state index in [1.165, 1.54) is 4.88 Å². The Morgan fingerprint density at radius 1 is 1.32 bits per heavy atom. The van der Waals surface area contributed by atoms with Gasteiger partial charge in [0, 0.05) is 37.3 Å². The second-order valence-electron chi connectivity index (χ2n) is 4.54. The first-order valence-corrected chi connectivity index (χ1v) is 7.29. The van der Waals surface area contributed by atoms with Crippen molar-refractivity contribution >= 4 is 17.2 Å². The van der Waals surface area contributed by atoms with Crippen LogP contribution in [0.15, 0.2) is 42.0 Å². The minimum Gasteiger partial charge on any atom is -0.341 e. The second-order valence-corrected chi connectivity index (χ2v) is 5.57. The zero-order valence-electron chi connectivity index (χ0n) is 11.1. The van der Waals surface area contributed by atoms with Gasteiger partial charge < -0.3 is 4.90 Å². The maximum atomic E-state index is 12.0. The minimum absolute atomic E-state index is 0.202. The molecule has 0 bridgehead atoms. The Morgan fingerprint density at radius 3 is 2.79 bits per heavy atom. The summed E-state index contributed by atoms with van der Waals surface area (Å²) in [4.78, 5) is 19.1. The first-order chi connectivity index (χ1) is 9.25. The van der Waals surface area contributed by atoms with Gasteiger partial charge in [-0.15, -0.1) is 11.3 Å². The summed E-state index contributed by atoms with van der Waals surface area (Å²) >= 11 is 1.75. The lowest BCUT2D eigenvalue weighted by Crippen LogP contribution is -2.25. The smallest absolute Gasteiger partial charge is 0.222 e. The van der Waals surface area contributed by atoms with Crippen molar-refractivity contribution in [2.24, 2.45) is 0 Å². The molecule has 0 unspecified atom stereocenters. The van der Waals surface area contributed by atoms with E-state index in [-0.39, 0.29) is 5.91 Å². The lowest BCUT2D eigenvalue weighted by molar-refractivity contribution is -0.130. The summed E-state index contributed by atoms with van der Waals surface area (Å²) in [5.74, 6) is 0.202. The number of carbonyl (C=O) groups excluding carboxylic acids is 1.